The molecule has 1 nitrogen and oxygen atoms in total. The molecule has 0 saturated heterocycles. The second-order valence-electron chi connectivity index (χ2n) is 3.41. The standard InChI is InChI=1S/C13H15BrO/c1-4-6-10(5-2)11-7-8-13(15-3)12(14)9-11/h1,7-10H,5-6H2,2-3H3. The van der Waals surface area contributed by atoms with E-state index in [0.29, 0.717) is 5.92 Å². The maximum absolute atomic E-state index is 5.35. The predicted octanol–water partition coefficient (Wildman–Crippen LogP) is 3.97. The minimum atomic E-state index is 0.442. The van der Waals surface area contributed by atoms with Crippen molar-refractivity contribution in [2.75, 3.05) is 7.11 Å². The van der Waals surface area contributed by atoms with E-state index in [1.54, 1.807) is 7.11 Å². The molecule has 1 rings (SSSR count). The van der Waals surface area contributed by atoms with Crippen molar-refractivity contribution in [2.45, 2.75) is 25.7 Å². The molecular weight excluding hydrogens is 252 g/mol. The highest BCUT2D eigenvalue weighted by molar-refractivity contribution is 9.10. The Morgan fingerprint density at radius 3 is 2.73 bits per heavy atom. The maximum Gasteiger partial charge on any atom is 0.133 e. The highest BCUT2D eigenvalue weighted by atomic mass is 79.9. The molecule has 0 aliphatic heterocycles. The van der Waals surface area contributed by atoms with E-state index in [1.807, 2.05) is 6.07 Å². The number of halogens is 1. The van der Waals surface area contributed by atoms with E-state index in [0.717, 1.165) is 23.1 Å². The van der Waals surface area contributed by atoms with Crippen LogP contribution < -0.4 is 4.74 Å². The van der Waals surface area contributed by atoms with Gasteiger partial charge in [0, 0.05) is 6.42 Å². The summed E-state index contributed by atoms with van der Waals surface area (Å²) in [5.74, 6) is 4.02. The number of hydrogen-bond donors (Lipinski definition) is 0. The summed E-state index contributed by atoms with van der Waals surface area (Å²) >= 11 is 3.48. The molecule has 0 N–H and O–H groups in total. The molecule has 15 heavy (non-hydrogen) atoms. The van der Waals surface area contributed by atoms with E-state index < -0.39 is 0 Å². The molecule has 0 heterocycles. The van der Waals surface area contributed by atoms with Crippen LogP contribution >= 0.6 is 15.9 Å². The van der Waals surface area contributed by atoms with Crippen LogP contribution in [-0.2, 0) is 0 Å². The molecular formula is C13H15BrO. The van der Waals surface area contributed by atoms with Gasteiger partial charge in [0.25, 0.3) is 0 Å². The first kappa shape index (κ1) is 12.1. The van der Waals surface area contributed by atoms with Gasteiger partial charge < -0.3 is 4.74 Å². The molecule has 0 aliphatic carbocycles. The molecule has 1 atom stereocenters. The van der Waals surface area contributed by atoms with E-state index in [-0.39, 0.29) is 0 Å². The van der Waals surface area contributed by atoms with E-state index in [1.165, 1.54) is 5.56 Å². The summed E-state index contributed by atoms with van der Waals surface area (Å²) in [5, 5.41) is 0. The van der Waals surface area contributed by atoms with Gasteiger partial charge in [0.05, 0.1) is 11.6 Å². The third kappa shape index (κ3) is 3.00. The lowest BCUT2D eigenvalue weighted by atomic mass is 9.94. The minimum absolute atomic E-state index is 0.442. The van der Waals surface area contributed by atoms with Crippen LogP contribution in [0.25, 0.3) is 0 Å². The van der Waals surface area contributed by atoms with Gasteiger partial charge in [-0.3, -0.25) is 0 Å². The Kier molecular flexibility index (Phi) is 4.71. The lowest BCUT2D eigenvalue weighted by molar-refractivity contribution is 0.412. The molecule has 1 unspecified atom stereocenters. The SMILES string of the molecule is C#CCC(CC)c1ccc(OC)c(Br)c1. The Labute approximate surface area is 100.0 Å². The van der Waals surface area contributed by atoms with Crippen molar-refractivity contribution in [1.29, 1.82) is 0 Å². The second-order valence-corrected chi connectivity index (χ2v) is 4.26. The Morgan fingerprint density at radius 1 is 1.53 bits per heavy atom. The molecule has 0 amide bonds. The van der Waals surface area contributed by atoms with E-state index in [4.69, 9.17) is 11.2 Å². The van der Waals surface area contributed by atoms with Crippen LogP contribution in [0.15, 0.2) is 22.7 Å². The third-order valence-corrected chi connectivity index (χ3v) is 3.12. The summed E-state index contributed by atoms with van der Waals surface area (Å²) in [6.45, 7) is 2.15. The van der Waals surface area contributed by atoms with Crippen molar-refractivity contribution in [2.24, 2.45) is 0 Å². The highest BCUT2D eigenvalue weighted by Crippen LogP contribution is 2.31. The normalized spacial score (nSPS) is 11.9. The molecule has 0 fully saturated rings. The van der Waals surface area contributed by atoms with Gasteiger partial charge in [-0.25, -0.2) is 0 Å². The van der Waals surface area contributed by atoms with E-state index in [2.05, 4.69) is 40.9 Å². The molecule has 1 aromatic carbocycles. The largest absolute Gasteiger partial charge is 0.496 e. The van der Waals surface area contributed by atoms with Crippen molar-refractivity contribution in [3.8, 4) is 18.1 Å². The Hall–Kier alpha value is -0.940. The molecule has 0 spiro atoms. The Morgan fingerprint density at radius 2 is 2.27 bits per heavy atom. The van der Waals surface area contributed by atoms with Crippen molar-refractivity contribution in [3.63, 3.8) is 0 Å². The fourth-order valence-electron chi connectivity index (χ4n) is 1.58. The van der Waals surface area contributed by atoms with Crippen molar-refractivity contribution < 1.29 is 4.74 Å². The Balaban J connectivity index is 2.95. The maximum atomic E-state index is 5.35. The molecule has 2 heteroatoms. The van der Waals surface area contributed by atoms with Crippen LogP contribution in [0, 0.1) is 12.3 Å². The van der Waals surface area contributed by atoms with Crippen molar-refractivity contribution in [1.82, 2.24) is 0 Å². The quantitative estimate of drug-likeness (QED) is 0.750. The first-order valence-electron chi connectivity index (χ1n) is 4.99. The lowest BCUT2D eigenvalue weighted by Crippen LogP contribution is -1.96. The van der Waals surface area contributed by atoms with Crippen LogP contribution in [-0.4, -0.2) is 7.11 Å². The van der Waals surface area contributed by atoms with Gasteiger partial charge in [-0.15, -0.1) is 12.3 Å². The average molecular weight is 267 g/mol. The van der Waals surface area contributed by atoms with Crippen LogP contribution in [0.1, 0.15) is 31.2 Å². The predicted molar refractivity (Wildman–Crippen MR) is 67.2 cm³/mol. The van der Waals surface area contributed by atoms with Crippen LogP contribution in [0.5, 0.6) is 5.75 Å². The van der Waals surface area contributed by atoms with Gasteiger partial charge in [0.1, 0.15) is 5.75 Å². The molecule has 0 aliphatic rings. The zero-order valence-corrected chi connectivity index (χ0v) is 10.7. The van der Waals surface area contributed by atoms with Gasteiger partial charge in [-0.1, -0.05) is 13.0 Å². The molecule has 1 aromatic rings. The van der Waals surface area contributed by atoms with Gasteiger partial charge in [-0.05, 0) is 46.0 Å². The molecule has 80 valence electrons. The summed E-state index contributed by atoms with van der Waals surface area (Å²) in [6.07, 6.45) is 7.20. The number of benzene rings is 1. The Bertz CT molecular complexity index is 365. The fourth-order valence-corrected chi connectivity index (χ4v) is 2.14. The lowest BCUT2D eigenvalue weighted by Gasteiger charge is -2.13. The zero-order chi connectivity index (χ0) is 11.3. The first-order chi connectivity index (χ1) is 7.22. The van der Waals surface area contributed by atoms with Gasteiger partial charge in [0.2, 0.25) is 0 Å². The van der Waals surface area contributed by atoms with Gasteiger partial charge in [-0.2, -0.15) is 0 Å². The van der Waals surface area contributed by atoms with Crippen LogP contribution in [0.2, 0.25) is 0 Å². The number of hydrogen-bond acceptors (Lipinski definition) is 1. The summed E-state index contributed by atoms with van der Waals surface area (Å²) in [7, 11) is 1.67. The van der Waals surface area contributed by atoms with Gasteiger partial charge in [0.15, 0.2) is 0 Å². The third-order valence-electron chi connectivity index (χ3n) is 2.50. The second kappa shape index (κ2) is 5.82. The van der Waals surface area contributed by atoms with Crippen LogP contribution in [0.3, 0.4) is 0 Å². The summed E-state index contributed by atoms with van der Waals surface area (Å²) in [4.78, 5) is 0. The monoisotopic (exact) mass is 266 g/mol. The summed E-state index contributed by atoms with van der Waals surface area (Å²) in [6, 6.07) is 6.14. The van der Waals surface area contributed by atoms with E-state index >= 15 is 0 Å². The molecule has 0 radical (unpaired) electrons. The van der Waals surface area contributed by atoms with E-state index in [9.17, 15) is 0 Å². The van der Waals surface area contributed by atoms with Gasteiger partial charge >= 0.3 is 0 Å². The zero-order valence-electron chi connectivity index (χ0n) is 9.09. The number of ether oxygens (including phenoxy) is 1. The number of terminal acetylenes is 1. The molecule has 0 aromatic heterocycles. The topological polar surface area (TPSA) is 9.23 Å². The first-order valence-corrected chi connectivity index (χ1v) is 5.79. The fraction of sp³-hybridized carbons (Fsp3) is 0.385. The summed E-state index contributed by atoms with van der Waals surface area (Å²) in [5.41, 5.74) is 1.27. The van der Waals surface area contributed by atoms with Crippen LogP contribution in [0.4, 0.5) is 0 Å². The van der Waals surface area contributed by atoms with Crippen molar-refractivity contribution >= 4 is 15.9 Å². The number of rotatable bonds is 4. The minimum Gasteiger partial charge on any atom is -0.496 e. The van der Waals surface area contributed by atoms with Crippen molar-refractivity contribution in [3.05, 3.63) is 28.2 Å². The summed E-state index contributed by atoms with van der Waals surface area (Å²) < 4.78 is 6.17. The highest BCUT2D eigenvalue weighted by Gasteiger charge is 2.10. The molecule has 0 saturated carbocycles. The molecule has 0 bridgehead atoms. The number of methoxy groups -OCH3 is 1. The average Bonchev–Trinajstić information content (AvgIpc) is 2.25. The smallest absolute Gasteiger partial charge is 0.133 e.